The third kappa shape index (κ3) is 5.41. The van der Waals surface area contributed by atoms with Gasteiger partial charge in [0, 0.05) is 24.7 Å². The highest BCUT2D eigenvalue weighted by Crippen LogP contribution is 2.40. The van der Waals surface area contributed by atoms with Crippen LogP contribution in [0.15, 0.2) is 60.7 Å². The summed E-state index contributed by atoms with van der Waals surface area (Å²) in [5.74, 6) is 2.82. The van der Waals surface area contributed by atoms with Crippen LogP contribution in [0.5, 0.6) is 23.0 Å². The summed E-state index contributed by atoms with van der Waals surface area (Å²) in [5.41, 5.74) is 4.11. The van der Waals surface area contributed by atoms with Crippen LogP contribution in [0, 0.1) is 0 Å². The first-order valence-electron chi connectivity index (χ1n) is 12.0. The standard InChI is InChI=1S/C29H34N2O5/c1-19(30-29(32)21-8-12-24(34-3)13-9-21)28-25-17-27(36-5)26(35-4)16-22(25)14-15-31(28)18-20-6-10-23(33-2)11-7-20/h6-13,16-17,19,28H,14-15,18H2,1-5H3,(H,30,32). The van der Waals surface area contributed by atoms with E-state index in [1.165, 1.54) is 11.1 Å². The molecule has 1 aliphatic rings. The van der Waals surface area contributed by atoms with Gasteiger partial charge in [-0.1, -0.05) is 12.1 Å². The van der Waals surface area contributed by atoms with Gasteiger partial charge in [0.25, 0.3) is 5.91 Å². The minimum atomic E-state index is -0.171. The van der Waals surface area contributed by atoms with Crippen LogP contribution in [0.4, 0.5) is 0 Å². The fourth-order valence-corrected chi connectivity index (χ4v) is 4.87. The molecular weight excluding hydrogens is 456 g/mol. The van der Waals surface area contributed by atoms with Gasteiger partial charge in [-0.3, -0.25) is 9.69 Å². The Morgan fingerprint density at radius 2 is 1.47 bits per heavy atom. The second-order valence-electron chi connectivity index (χ2n) is 8.91. The summed E-state index contributed by atoms with van der Waals surface area (Å²) in [6.45, 7) is 3.64. The Labute approximate surface area is 212 Å². The molecule has 1 amide bonds. The molecule has 1 N–H and O–H groups in total. The topological polar surface area (TPSA) is 69.3 Å². The van der Waals surface area contributed by atoms with Gasteiger partial charge >= 0.3 is 0 Å². The lowest BCUT2D eigenvalue weighted by Crippen LogP contribution is -2.47. The van der Waals surface area contributed by atoms with E-state index >= 15 is 0 Å². The van der Waals surface area contributed by atoms with Crippen LogP contribution in [0.1, 0.15) is 40.0 Å². The molecule has 0 aromatic heterocycles. The molecule has 4 rings (SSSR count). The van der Waals surface area contributed by atoms with Crippen LogP contribution < -0.4 is 24.3 Å². The first kappa shape index (κ1) is 25.4. The van der Waals surface area contributed by atoms with Gasteiger partial charge in [0.1, 0.15) is 11.5 Å². The van der Waals surface area contributed by atoms with E-state index in [2.05, 4.69) is 41.4 Å². The maximum atomic E-state index is 13.1. The summed E-state index contributed by atoms with van der Waals surface area (Å²) >= 11 is 0. The van der Waals surface area contributed by atoms with E-state index in [1.54, 1.807) is 52.7 Å². The molecule has 7 nitrogen and oxygen atoms in total. The third-order valence-electron chi connectivity index (χ3n) is 6.76. The molecule has 0 fully saturated rings. The highest BCUT2D eigenvalue weighted by Gasteiger charge is 2.34. The molecule has 2 unspecified atom stereocenters. The van der Waals surface area contributed by atoms with Gasteiger partial charge in [-0.2, -0.15) is 0 Å². The van der Waals surface area contributed by atoms with Crippen molar-refractivity contribution in [3.8, 4) is 23.0 Å². The summed E-state index contributed by atoms with van der Waals surface area (Å²) in [6.07, 6.45) is 0.876. The van der Waals surface area contributed by atoms with Gasteiger partial charge in [-0.25, -0.2) is 0 Å². The number of nitrogens with zero attached hydrogens (tertiary/aromatic N) is 1. The van der Waals surface area contributed by atoms with E-state index in [4.69, 9.17) is 18.9 Å². The summed E-state index contributed by atoms with van der Waals surface area (Å²) in [7, 11) is 6.57. The van der Waals surface area contributed by atoms with Crippen molar-refractivity contribution in [2.45, 2.75) is 32.0 Å². The van der Waals surface area contributed by atoms with Crippen LogP contribution >= 0.6 is 0 Å². The van der Waals surface area contributed by atoms with Gasteiger partial charge in [-0.15, -0.1) is 0 Å². The number of carbonyl (C=O) groups is 1. The van der Waals surface area contributed by atoms with Crippen LogP contribution in [-0.2, 0) is 13.0 Å². The molecule has 0 saturated heterocycles. The summed E-state index contributed by atoms with van der Waals surface area (Å²) in [6, 6.07) is 19.1. The first-order valence-corrected chi connectivity index (χ1v) is 12.0. The summed E-state index contributed by atoms with van der Waals surface area (Å²) in [5, 5.41) is 3.23. The molecule has 2 atom stereocenters. The second kappa shape index (κ2) is 11.4. The number of carbonyl (C=O) groups excluding carboxylic acids is 1. The fraction of sp³-hybridized carbons (Fsp3) is 0.345. The lowest BCUT2D eigenvalue weighted by atomic mass is 9.87. The Bertz CT molecular complexity index is 1180. The van der Waals surface area contributed by atoms with Crippen molar-refractivity contribution in [3.63, 3.8) is 0 Å². The second-order valence-corrected chi connectivity index (χ2v) is 8.91. The largest absolute Gasteiger partial charge is 0.497 e. The molecular formula is C29H34N2O5. The third-order valence-corrected chi connectivity index (χ3v) is 6.76. The first-order chi connectivity index (χ1) is 17.5. The van der Waals surface area contributed by atoms with Crippen molar-refractivity contribution >= 4 is 5.91 Å². The smallest absolute Gasteiger partial charge is 0.251 e. The Morgan fingerprint density at radius 1 is 0.889 bits per heavy atom. The fourth-order valence-electron chi connectivity index (χ4n) is 4.87. The molecule has 1 aliphatic heterocycles. The lowest BCUT2D eigenvalue weighted by molar-refractivity contribution is 0.0877. The molecule has 0 saturated carbocycles. The number of amides is 1. The average Bonchev–Trinajstić information content (AvgIpc) is 2.92. The number of rotatable bonds is 9. The van der Waals surface area contributed by atoms with Gasteiger partial charge < -0.3 is 24.3 Å². The van der Waals surface area contributed by atoms with Crippen LogP contribution in [0.3, 0.4) is 0 Å². The number of hydrogen-bond donors (Lipinski definition) is 1. The van der Waals surface area contributed by atoms with Gasteiger partial charge in [0.15, 0.2) is 11.5 Å². The highest BCUT2D eigenvalue weighted by molar-refractivity contribution is 5.94. The minimum Gasteiger partial charge on any atom is -0.497 e. The number of methoxy groups -OCH3 is 4. The quantitative estimate of drug-likeness (QED) is 0.471. The summed E-state index contributed by atoms with van der Waals surface area (Å²) < 4.78 is 21.7. The molecule has 0 spiro atoms. The van der Waals surface area contributed by atoms with Crippen molar-refractivity contribution in [3.05, 3.63) is 82.9 Å². The molecule has 0 aliphatic carbocycles. The van der Waals surface area contributed by atoms with E-state index in [-0.39, 0.29) is 18.0 Å². The number of benzene rings is 3. The zero-order chi connectivity index (χ0) is 25.7. The Balaban J connectivity index is 1.65. The molecule has 190 valence electrons. The maximum absolute atomic E-state index is 13.1. The van der Waals surface area contributed by atoms with Gasteiger partial charge in [-0.05, 0) is 78.6 Å². The minimum absolute atomic E-state index is 0.0575. The number of ether oxygens (including phenoxy) is 4. The predicted molar refractivity (Wildman–Crippen MR) is 139 cm³/mol. The lowest BCUT2D eigenvalue weighted by Gasteiger charge is -2.41. The van der Waals surface area contributed by atoms with E-state index < -0.39 is 0 Å². The van der Waals surface area contributed by atoms with E-state index in [1.807, 2.05) is 12.1 Å². The monoisotopic (exact) mass is 490 g/mol. The molecule has 1 heterocycles. The van der Waals surface area contributed by atoms with Crippen LogP contribution in [-0.4, -0.2) is 51.8 Å². The molecule has 0 bridgehead atoms. The highest BCUT2D eigenvalue weighted by atomic mass is 16.5. The van der Waals surface area contributed by atoms with Crippen LogP contribution in [0.2, 0.25) is 0 Å². The normalized spacial score (nSPS) is 16.0. The van der Waals surface area contributed by atoms with Crippen LogP contribution in [0.25, 0.3) is 0 Å². The van der Waals surface area contributed by atoms with Crippen molar-refractivity contribution in [2.75, 3.05) is 35.0 Å². The van der Waals surface area contributed by atoms with Crippen molar-refractivity contribution < 1.29 is 23.7 Å². The van der Waals surface area contributed by atoms with Crippen molar-refractivity contribution in [2.24, 2.45) is 0 Å². The van der Waals surface area contributed by atoms with Crippen molar-refractivity contribution in [1.29, 1.82) is 0 Å². The van der Waals surface area contributed by atoms with Gasteiger partial charge in [0.05, 0.1) is 34.5 Å². The predicted octanol–water partition coefficient (Wildman–Crippen LogP) is 4.64. The molecule has 3 aromatic rings. The SMILES string of the molecule is COc1ccc(CN2CCc3cc(OC)c(OC)cc3C2C(C)NC(=O)c2ccc(OC)cc2)cc1. The number of hydrogen-bond acceptors (Lipinski definition) is 6. The Morgan fingerprint density at radius 3 is 2.06 bits per heavy atom. The Kier molecular flexibility index (Phi) is 8.00. The maximum Gasteiger partial charge on any atom is 0.251 e. The van der Waals surface area contributed by atoms with Gasteiger partial charge in [0.2, 0.25) is 0 Å². The van der Waals surface area contributed by atoms with E-state index in [0.717, 1.165) is 30.8 Å². The molecule has 3 aromatic carbocycles. The average molecular weight is 491 g/mol. The number of fused-ring (bicyclic) bond motifs is 1. The van der Waals surface area contributed by atoms with E-state index in [9.17, 15) is 4.79 Å². The zero-order valence-electron chi connectivity index (χ0n) is 21.5. The molecule has 36 heavy (non-hydrogen) atoms. The molecule has 0 radical (unpaired) electrons. The Hall–Kier alpha value is -3.71. The zero-order valence-corrected chi connectivity index (χ0v) is 21.5. The number of nitrogens with one attached hydrogen (secondary N) is 1. The summed E-state index contributed by atoms with van der Waals surface area (Å²) in [4.78, 5) is 15.6. The van der Waals surface area contributed by atoms with Crippen molar-refractivity contribution in [1.82, 2.24) is 10.2 Å². The van der Waals surface area contributed by atoms with E-state index in [0.29, 0.717) is 22.8 Å². The molecule has 7 heteroatoms.